The molecular formula is C16H38O5Si4. The summed E-state index contributed by atoms with van der Waals surface area (Å²) in [4.78, 5) is 0. The molecule has 0 aromatic rings. The summed E-state index contributed by atoms with van der Waals surface area (Å²) < 4.78 is 30.6. The second kappa shape index (κ2) is 18.1. The van der Waals surface area contributed by atoms with E-state index < -0.39 is 37.1 Å². The van der Waals surface area contributed by atoms with Crippen molar-refractivity contribution in [1.29, 1.82) is 0 Å². The maximum Gasteiger partial charge on any atom is 0.374 e. The molecule has 5 nitrogen and oxygen atoms in total. The second-order valence-corrected chi connectivity index (χ2v) is 14.4. The van der Waals surface area contributed by atoms with Crippen LogP contribution in [-0.2, 0) is 21.2 Å². The lowest BCUT2D eigenvalue weighted by molar-refractivity contribution is 0.233. The highest BCUT2D eigenvalue weighted by Crippen LogP contribution is 2.11. The summed E-state index contributed by atoms with van der Waals surface area (Å²) in [6.45, 7) is 14.5. The molecule has 0 saturated carbocycles. The molecular weight excluding hydrogens is 385 g/mol. The van der Waals surface area contributed by atoms with E-state index in [4.69, 9.17) is 21.2 Å². The average molecular weight is 423 g/mol. The van der Waals surface area contributed by atoms with Crippen LogP contribution >= 0.6 is 0 Å². The Morgan fingerprint density at radius 1 is 0.480 bits per heavy atom. The predicted octanol–water partition coefficient (Wildman–Crippen LogP) is 4.70. The molecule has 0 amide bonds. The molecule has 0 spiro atoms. The van der Waals surface area contributed by atoms with Crippen molar-refractivity contribution < 1.29 is 21.2 Å². The highest BCUT2D eigenvalue weighted by molar-refractivity contribution is 6.68. The molecule has 0 aromatic carbocycles. The van der Waals surface area contributed by atoms with Gasteiger partial charge in [0.1, 0.15) is 0 Å². The Morgan fingerprint density at radius 3 is 1.08 bits per heavy atom. The average Bonchev–Trinajstić information content (AvgIpc) is 2.64. The lowest BCUT2D eigenvalue weighted by Crippen LogP contribution is -2.41. The molecule has 9 heteroatoms. The van der Waals surface area contributed by atoms with Crippen LogP contribution in [0.1, 0.15) is 67.2 Å². The van der Waals surface area contributed by atoms with E-state index in [1.165, 1.54) is 0 Å². The smallest absolute Gasteiger partial charge is 0.374 e. The molecule has 0 atom stereocenters. The summed E-state index contributed by atoms with van der Waals surface area (Å²) in [5.41, 5.74) is 0. The fraction of sp³-hybridized carbons (Fsp3) is 1.00. The molecule has 0 heterocycles. The third-order valence-electron chi connectivity index (χ3n) is 3.36. The summed E-state index contributed by atoms with van der Waals surface area (Å²) in [5.74, 6) is 0. The monoisotopic (exact) mass is 422 g/mol. The van der Waals surface area contributed by atoms with Crippen LogP contribution in [0.5, 0.6) is 0 Å². The van der Waals surface area contributed by atoms with Crippen LogP contribution in [0.25, 0.3) is 0 Å². The molecule has 0 saturated heterocycles. The molecule has 0 unspecified atom stereocenters. The standard InChI is InChI=1S/C16H38O5Si4/c1-7-13-15-17-22(9-3)19-24(11-5)21-25(12-6)20-23(10-4)18-16-14-8-2/h7-16H2,1-6H3. The third-order valence-corrected chi connectivity index (χ3v) is 12.2. The van der Waals surface area contributed by atoms with Crippen LogP contribution in [0, 0.1) is 0 Å². The van der Waals surface area contributed by atoms with Gasteiger partial charge in [-0.15, -0.1) is 0 Å². The Kier molecular flexibility index (Phi) is 18.5. The quantitative estimate of drug-likeness (QED) is 0.237. The molecule has 148 valence electrons. The van der Waals surface area contributed by atoms with E-state index in [2.05, 4.69) is 41.5 Å². The third kappa shape index (κ3) is 13.5. The summed E-state index contributed by atoms with van der Waals surface area (Å²) >= 11 is 0. The van der Waals surface area contributed by atoms with E-state index in [9.17, 15) is 0 Å². The first kappa shape index (κ1) is 25.7. The molecule has 0 aromatic heterocycles. The topological polar surface area (TPSA) is 46.2 Å². The van der Waals surface area contributed by atoms with Crippen molar-refractivity contribution in [1.82, 2.24) is 0 Å². The lowest BCUT2D eigenvalue weighted by atomic mass is 10.4. The first-order chi connectivity index (χ1) is 12.1. The molecule has 0 aliphatic rings. The van der Waals surface area contributed by atoms with Gasteiger partial charge in [-0.2, -0.15) is 0 Å². The number of hydrogen-bond acceptors (Lipinski definition) is 5. The fourth-order valence-electron chi connectivity index (χ4n) is 1.78. The van der Waals surface area contributed by atoms with Gasteiger partial charge in [-0.1, -0.05) is 54.4 Å². The summed E-state index contributed by atoms with van der Waals surface area (Å²) in [6.07, 6.45) is 4.49. The van der Waals surface area contributed by atoms with Crippen molar-refractivity contribution in [3.63, 3.8) is 0 Å². The number of rotatable bonds is 18. The zero-order valence-electron chi connectivity index (χ0n) is 17.1. The molecule has 0 aliphatic heterocycles. The fourth-order valence-corrected chi connectivity index (χ4v) is 11.0. The Balaban J connectivity index is 4.40. The Labute approximate surface area is 163 Å². The molecule has 25 heavy (non-hydrogen) atoms. The van der Waals surface area contributed by atoms with E-state index >= 15 is 0 Å². The zero-order valence-corrected chi connectivity index (χ0v) is 21.1. The van der Waals surface area contributed by atoms with Gasteiger partial charge >= 0.3 is 37.1 Å². The van der Waals surface area contributed by atoms with Crippen molar-refractivity contribution in [2.75, 3.05) is 13.2 Å². The Morgan fingerprint density at radius 2 is 0.800 bits per heavy atom. The van der Waals surface area contributed by atoms with Gasteiger partial charge in [0, 0.05) is 13.2 Å². The SMILES string of the molecule is CCCCO[Si](CC)O[Si](CC)O[Si](CC)O[Si](CC)OCCCC. The summed E-state index contributed by atoms with van der Waals surface area (Å²) in [5, 5.41) is 0. The summed E-state index contributed by atoms with van der Waals surface area (Å²) in [7, 11) is -5.06. The normalized spacial score (nSPS) is 12.2. The highest BCUT2D eigenvalue weighted by Gasteiger charge is 2.29. The lowest BCUT2D eigenvalue weighted by Gasteiger charge is -2.25. The number of unbranched alkanes of at least 4 members (excludes halogenated alkanes) is 2. The van der Waals surface area contributed by atoms with Crippen LogP contribution in [0.3, 0.4) is 0 Å². The van der Waals surface area contributed by atoms with Crippen molar-refractivity contribution >= 4 is 37.1 Å². The Bertz CT molecular complexity index is 263. The van der Waals surface area contributed by atoms with E-state index in [-0.39, 0.29) is 0 Å². The van der Waals surface area contributed by atoms with Gasteiger partial charge in [0.2, 0.25) is 0 Å². The minimum absolute atomic E-state index is 0.799. The van der Waals surface area contributed by atoms with Crippen molar-refractivity contribution in [2.24, 2.45) is 0 Å². The van der Waals surface area contributed by atoms with Gasteiger partial charge in [-0.25, -0.2) is 0 Å². The molecule has 0 rings (SSSR count). The zero-order chi connectivity index (χ0) is 18.9. The second-order valence-electron chi connectivity index (χ2n) is 5.61. The maximum atomic E-state index is 6.28. The first-order valence-electron chi connectivity index (χ1n) is 9.87. The minimum Gasteiger partial charge on any atom is -0.414 e. The van der Waals surface area contributed by atoms with Crippen LogP contribution < -0.4 is 0 Å². The minimum atomic E-state index is -1.32. The van der Waals surface area contributed by atoms with Gasteiger partial charge in [0.15, 0.2) is 0 Å². The molecule has 4 radical (unpaired) electrons. The van der Waals surface area contributed by atoms with Crippen LogP contribution in [0.2, 0.25) is 24.2 Å². The summed E-state index contributed by atoms with van der Waals surface area (Å²) in [6, 6.07) is 3.73. The van der Waals surface area contributed by atoms with Crippen LogP contribution in [0.15, 0.2) is 0 Å². The van der Waals surface area contributed by atoms with Crippen LogP contribution in [-0.4, -0.2) is 50.3 Å². The van der Waals surface area contributed by atoms with Crippen molar-refractivity contribution in [2.45, 2.75) is 91.4 Å². The van der Waals surface area contributed by atoms with Gasteiger partial charge in [-0.3, -0.25) is 0 Å². The van der Waals surface area contributed by atoms with Gasteiger partial charge in [0.05, 0.1) is 0 Å². The van der Waals surface area contributed by atoms with E-state index in [1.807, 2.05) is 0 Å². The molecule has 0 bridgehead atoms. The maximum absolute atomic E-state index is 6.28. The van der Waals surface area contributed by atoms with E-state index in [1.54, 1.807) is 0 Å². The van der Waals surface area contributed by atoms with Crippen molar-refractivity contribution in [3.05, 3.63) is 0 Å². The highest BCUT2D eigenvalue weighted by atomic mass is 28.4. The van der Waals surface area contributed by atoms with Gasteiger partial charge < -0.3 is 21.2 Å². The molecule has 0 aliphatic carbocycles. The molecule has 0 N–H and O–H groups in total. The molecule has 0 fully saturated rings. The van der Waals surface area contributed by atoms with E-state index in [0.29, 0.717) is 0 Å². The first-order valence-corrected chi connectivity index (χ1v) is 16.0. The van der Waals surface area contributed by atoms with Gasteiger partial charge in [-0.05, 0) is 37.0 Å². The van der Waals surface area contributed by atoms with Crippen LogP contribution in [0.4, 0.5) is 0 Å². The largest absolute Gasteiger partial charge is 0.414 e. The van der Waals surface area contributed by atoms with Gasteiger partial charge in [0.25, 0.3) is 0 Å². The predicted molar refractivity (Wildman–Crippen MR) is 110 cm³/mol. The number of hydrogen-bond donors (Lipinski definition) is 0. The van der Waals surface area contributed by atoms with Crippen molar-refractivity contribution in [3.8, 4) is 0 Å². The van der Waals surface area contributed by atoms with E-state index in [0.717, 1.165) is 63.1 Å². The Hall–Kier alpha value is 0.668.